The zero-order chi connectivity index (χ0) is 14.5. The van der Waals surface area contributed by atoms with Crippen molar-refractivity contribution in [1.82, 2.24) is 4.98 Å². The predicted molar refractivity (Wildman–Crippen MR) is 87.7 cm³/mol. The van der Waals surface area contributed by atoms with Crippen molar-refractivity contribution in [2.75, 3.05) is 4.90 Å². The highest BCUT2D eigenvalue weighted by Gasteiger charge is 2.18. The van der Waals surface area contributed by atoms with Gasteiger partial charge in [0.2, 0.25) is 0 Å². The van der Waals surface area contributed by atoms with E-state index in [1.807, 2.05) is 0 Å². The van der Waals surface area contributed by atoms with Crippen molar-refractivity contribution >= 4 is 27.8 Å². The molecule has 0 aromatic carbocycles. The van der Waals surface area contributed by atoms with E-state index in [-0.39, 0.29) is 6.61 Å². The Morgan fingerprint density at radius 2 is 2.20 bits per heavy atom. The Bertz CT molecular complexity index is 520. The third-order valence-corrected chi connectivity index (χ3v) is 5.15. The van der Waals surface area contributed by atoms with E-state index in [2.05, 4.69) is 43.2 Å². The van der Waals surface area contributed by atoms with Crippen LogP contribution in [0.4, 0.5) is 5.13 Å². The van der Waals surface area contributed by atoms with Crippen LogP contribution in [-0.2, 0) is 19.6 Å². The number of hydrogen-bond acceptors (Lipinski definition) is 5. The third-order valence-electron chi connectivity index (χ3n) is 3.17. The standard InChI is InChI=1S/C15H22N2OS2/c1-4-6-13-14(10-18)20-15(16-13)17(11(2)3)9-12-7-5-8-19-12/h5,7-8,11,18H,4,6,9-10H2,1-3H3. The number of aryl methyl sites for hydroxylation is 1. The lowest BCUT2D eigenvalue weighted by Crippen LogP contribution is -2.29. The lowest BCUT2D eigenvalue weighted by atomic mass is 10.2. The molecule has 0 amide bonds. The van der Waals surface area contributed by atoms with Crippen LogP contribution in [0.2, 0.25) is 0 Å². The molecular weight excluding hydrogens is 288 g/mol. The molecule has 2 aromatic rings. The number of thiophene rings is 1. The molecule has 0 aliphatic heterocycles. The summed E-state index contributed by atoms with van der Waals surface area (Å²) in [6, 6.07) is 4.64. The van der Waals surface area contributed by atoms with Crippen LogP contribution in [0.25, 0.3) is 0 Å². The van der Waals surface area contributed by atoms with Gasteiger partial charge >= 0.3 is 0 Å². The molecule has 0 radical (unpaired) electrons. The lowest BCUT2D eigenvalue weighted by Gasteiger charge is -2.25. The van der Waals surface area contributed by atoms with Gasteiger partial charge in [0.1, 0.15) is 0 Å². The van der Waals surface area contributed by atoms with Crippen molar-refractivity contribution in [3.63, 3.8) is 0 Å². The van der Waals surface area contributed by atoms with Gasteiger partial charge in [-0.1, -0.05) is 30.7 Å². The second-order valence-corrected chi connectivity index (χ2v) is 7.17. The Morgan fingerprint density at radius 1 is 1.40 bits per heavy atom. The smallest absolute Gasteiger partial charge is 0.186 e. The predicted octanol–water partition coefficient (Wildman–Crippen LogP) is 4.06. The molecule has 0 saturated heterocycles. The number of rotatable bonds is 7. The van der Waals surface area contributed by atoms with Crippen LogP contribution in [0.3, 0.4) is 0 Å². The van der Waals surface area contributed by atoms with Gasteiger partial charge in [-0.15, -0.1) is 11.3 Å². The molecule has 3 nitrogen and oxygen atoms in total. The van der Waals surface area contributed by atoms with Crippen LogP contribution < -0.4 is 4.90 Å². The largest absolute Gasteiger partial charge is 0.391 e. The van der Waals surface area contributed by atoms with Crippen LogP contribution in [0.5, 0.6) is 0 Å². The summed E-state index contributed by atoms with van der Waals surface area (Å²) in [6.07, 6.45) is 2.00. The van der Waals surface area contributed by atoms with E-state index in [1.54, 1.807) is 22.7 Å². The fourth-order valence-electron chi connectivity index (χ4n) is 2.09. The zero-order valence-corrected chi connectivity index (χ0v) is 13.9. The SMILES string of the molecule is CCCc1nc(N(Cc2cccs2)C(C)C)sc1CO. The van der Waals surface area contributed by atoms with Gasteiger partial charge in [0.25, 0.3) is 0 Å². The normalized spacial score (nSPS) is 11.2. The third kappa shape index (κ3) is 3.59. The Balaban J connectivity index is 2.24. The van der Waals surface area contributed by atoms with E-state index in [0.29, 0.717) is 6.04 Å². The van der Waals surface area contributed by atoms with Crippen LogP contribution in [-0.4, -0.2) is 16.1 Å². The van der Waals surface area contributed by atoms with Crippen molar-refractivity contribution < 1.29 is 5.11 Å². The molecule has 0 unspecified atom stereocenters. The van der Waals surface area contributed by atoms with Crippen molar-refractivity contribution in [3.8, 4) is 0 Å². The Morgan fingerprint density at radius 3 is 2.75 bits per heavy atom. The molecule has 5 heteroatoms. The minimum atomic E-state index is 0.0952. The first-order chi connectivity index (χ1) is 9.65. The van der Waals surface area contributed by atoms with Gasteiger partial charge in [-0.05, 0) is 31.7 Å². The van der Waals surface area contributed by atoms with Gasteiger partial charge in [0.15, 0.2) is 5.13 Å². The summed E-state index contributed by atoms with van der Waals surface area (Å²) < 4.78 is 0. The summed E-state index contributed by atoms with van der Waals surface area (Å²) >= 11 is 3.40. The fraction of sp³-hybridized carbons (Fsp3) is 0.533. The Kier molecular flexibility index (Phi) is 5.57. The summed E-state index contributed by atoms with van der Waals surface area (Å²) in [7, 11) is 0. The molecular formula is C15H22N2OS2. The molecule has 0 aliphatic rings. The molecule has 0 atom stereocenters. The molecule has 2 rings (SSSR count). The molecule has 0 fully saturated rings. The Hall–Kier alpha value is -0.910. The second kappa shape index (κ2) is 7.20. The minimum absolute atomic E-state index is 0.0952. The van der Waals surface area contributed by atoms with E-state index in [0.717, 1.165) is 35.1 Å². The van der Waals surface area contributed by atoms with Crippen molar-refractivity contribution in [1.29, 1.82) is 0 Å². The maximum Gasteiger partial charge on any atom is 0.186 e. The summed E-state index contributed by atoms with van der Waals surface area (Å²) in [5.41, 5.74) is 1.06. The highest BCUT2D eigenvalue weighted by Crippen LogP contribution is 2.30. The van der Waals surface area contributed by atoms with E-state index < -0.39 is 0 Å². The van der Waals surface area contributed by atoms with Crippen LogP contribution in [0.1, 0.15) is 42.6 Å². The molecule has 2 aromatic heterocycles. The van der Waals surface area contributed by atoms with Gasteiger partial charge in [0.05, 0.1) is 23.7 Å². The van der Waals surface area contributed by atoms with Crippen molar-refractivity contribution in [3.05, 3.63) is 33.0 Å². The average Bonchev–Trinajstić information content (AvgIpc) is 3.05. The number of anilines is 1. The quantitative estimate of drug-likeness (QED) is 0.837. The van der Waals surface area contributed by atoms with Crippen LogP contribution >= 0.6 is 22.7 Å². The molecule has 0 bridgehead atoms. The summed E-state index contributed by atoms with van der Waals surface area (Å²) in [5.74, 6) is 0. The number of aromatic nitrogens is 1. The highest BCUT2D eigenvalue weighted by molar-refractivity contribution is 7.15. The lowest BCUT2D eigenvalue weighted by molar-refractivity contribution is 0.284. The van der Waals surface area contributed by atoms with E-state index >= 15 is 0 Å². The van der Waals surface area contributed by atoms with Crippen molar-refractivity contribution in [2.45, 2.75) is 52.8 Å². The maximum atomic E-state index is 9.49. The fourth-order valence-corrected chi connectivity index (χ4v) is 3.89. The van der Waals surface area contributed by atoms with Gasteiger partial charge in [-0.2, -0.15) is 0 Å². The Labute approximate surface area is 128 Å². The number of aliphatic hydroxyl groups excluding tert-OH is 1. The van der Waals surface area contributed by atoms with Gasteiger partial charge in [0, 0.05) is 10.9 Å². The molecule has 0 saturated carbocycles. The van der Waals surface area contributed by atoms with Gasteiger partial charge < -0.3 is 10.0 Å². The molecule has 110 valence electrons. The first-order valence-electron chi connectivity index (χ1n) is 7.04. The first kappa shape index (κ1) is 15.5. The van der Waals surface area contributed by atoms with Gasteiger partial charge in [-0.3, -0.25) is 0 Å². The highest BCUT2D eigenvalue weighted by atomic mass is 32.1. The monoisotopic (exact) mass is 310 g/mol. The number of aliphatic hydroxyl groups is 1. The molecule has 0 aliphatic carbocycles. The average molecular weight is 310 g/mol. The summed E-state index contributed by atoms with van der Waals surface area (Å²) in [4.78, 5) is 9.43. The number of thiazole rings is 1. The topological polar surface area (TPSA) is 36.4 Å². The molecule has 20 heavy (non-hydrogen) atoms. The van der Waals surface area contributed by atoms with E-state index in [1.165, 1.54) is 4.88 Å². The number of nitrogens with zero attached hydrogens (tertiary/aromatic N) is 2. The summed E-state index contributed by atoms with van der Waals surface area (Å²) in [5, 5.41) is 12.6. The van der Waals surface area contributed by atoms with Crippen LogP contribution in [0, 0.1) is 0 Å². The number of hydrogen-bond donors (Lipinski definition) is 1. The second-order valence-electron chi connectivity index (χ2n) is 5.08. The molecule has 2 heterocycles. The first-order valence-corrected chi connectivity index (χ1v) is 8.73. The molecule has 0 spiro atoms. The minimum Gasteiger partial charge on any atom is -0.391 e. The van der Waals surface area contributed by atoms with Crippen molar-refractivity contribution in [2.24, 2.45) is 0 Å². The van der Waals surface area contributed by atoms with E-state index in [9.17, 15) is 5.11 Å². The van der Waals surface area contributed by atoms with Gasteiger partial charge in [-0.25, -0.2) is 4.98 Å². The summed E-state index contributed by atoms with van der Waals surface area (Å²) in [6.45, 7) is 7.50. The van der Waals surface area contributed by atoms with Crippen LogP contribution in [0.15, 0.2) is 17.5 Å². The molecule has 1 N–H and O–H groups in total. The zero-order valence-electron chi connectivity index (χ0n) is 12.3. The maximum absolute atomic E-state index is 9.49. The van der Waals surface area contributed by atoms with E-state index in [4.69, 9.17) is 4.98 Å².